The van der Waals surface area contributed by atoms with E-state index in [2.05, 4.69) is 13.8 Å². The molecule has 1 N–H and O–H groups in total. The quantitative estimate of drug-likeness (QED) is 0.0397. The van der Waals surface area contributed by atoms with E-state index in [1.165, 1.54) is 167 Å². The molecule has 0 fully saturated rings. The van der Waals surface area contributed by atoms with Crippen LogP contribution in [-0.4, -0.2) is 36.2 Å². The maximum Gasteiger partial charge on any atom is 0.334 e. The minimum Gasteiger partial charge on any atom is -0.481 e. The first-order chi connectivity index (χ1) is 23.5. The van der Waals surface area contributed by atoms with Crippen molar-refractivity contribution < 1.29 is 29.0 Å². The molecule has 0 aliphatic carbocycles. The van der Waals surface area contributed by atoms with Crippen LogP contribution < -0.4 is 0 Å². The van der Waals surface area contributed by atoms with Gasteiger partial charge in [-0.3, -0.25) is 4.79 Å². The molecule has 0 amide bonds. The number of esters is 2. The minimum absolute atomic E-state index is 0.157. The Balaban J connectivity index is 3.77. The number of hydrogen-bond donors (Lipinski definition) is 1. The number of hydrogen-bond acceptors (Lipinski definition) is 5. The number of carbonyl (C=O) groups is 3. The molecule has 0 aromatic carbocycles. The molecule has 0 saturated heterocycles. The van der Waals surface area contributed by atoms with Crippen molar-refractivity contribution in [1.82, 2.24) is 0 Å². The van der Waals surface area contributed by atoms with Crippen LogP contribution in [0.1, 0.15) is 226 Å². The summed E-state index contributed by atoms with van der Waals surface area (Å²) in [5.41, 5.74) is -0.157. The molecule has 48 heavy (non-hydrogen) atoms. The number of unbranched alkanes of at least 4 members (excludes halogenated alkanes) is 30. The van der Waals surface area contributed by atoms with E-state index in [0.29, 0.717) is 0 Å². The van der Waals surface area contributed by atoms with Gasteiger partial charge < -0.3 is 14.6 Å². The first-order valence-electron chi connectivity index (χ1n) is 20.8. The molecule has 0 unspecified atom stereocenters. The van der Waals surface area contributed by atoms with E-state index in [4.69, 9.17) is 9.47 Å². The van der Waals surface area contributed by atoms with E-state index >= 15 is 0 Å². The molecule has 0 aromatic rings. The summed E-state index contributed by atoms with van der Waals surface area (Å²) in [4.78, 5) is 35.9. The number of aliphatic carboxylic acids is 1. The number of carboxylic acids is 1. The third-order valence-electron chi connectivity index (χ3n) is 9.37. The molecule has 0 bridgehead atoms. The van der Waals surface area contributed by atoms with Crippen LogP contribution in [0.5, 0.6) is 0 Å². The van der Waals surface area contributed by atoms with Crippen LogP contribution in [0.4, 0.5) is 0 Å². The normalized spacial score (nSPS) is 11.6. The summed E-state index contributed by atoms with van der Waals surface area (Å²) in [5.74, 6) is -2.59. The van der Waals surface area contributed by atoms with E-state index in [-0.39, 0.29) is 18.8 Å². The Labute approximate surface area is 297 Å². The second-order valence-corrected chi connectivity index (χ2v) is 14.2. The summed E-state index contributed by atoms with van der Waals surface area (Å²) in [5, 5.41) is 9.20. The smallest absolute Gasteiger partial charge is 0.334 e. The molecule has 0 radical (unpaired) electrons. The molecule has 0 aromatic heterocycles. The summed E-state index contributed by atoms with van der Waals surface area (Å²) in [6.07, 6.45) is 41.2. The molecule has 0 heterocycles. The average molecular weight is 679 g/mol. The Hall–Kier alpha value is -1.85. The van der Waals surface area contributed by atoms with Crippen molar-refractivity contribution in [3.05, 3.63) is 11.6 Å². The average Bonchev–Trinajstić information content (AvgIpc) is 3.07. The predicted octanol–water partition coefficient (Wildman–Crippen LogP) is 13.0. The van der Waals surface area contributed by atoms with Gasteiger partial charge in [-0.05, 0) is 12.8 Å². The van der Waals surface area contributed by atoms with Crippen LogP contribution in [0.15, 0.2) is 11.6 Å². The minimum atomic E-state index is -1.17. The molecule has 0 rings (SSSR count). The lowest BCUT2D eigenvalue weighted by molar-refractivity contribution is -0.143. The van der Waals surface area contributed by atoms with Crippen LogP contribution in [0, 0.1) is 0 Å². The third kappa shape index (κ3) is 35.5. The maximum atomic E-state index is 12.4. The van der Waals surface area contributed by atoms with Crippen molar-refractivity contribution in [2.24, 2.45) is 0 Å². The largest absolute Gasteiger partial charge is 0.481 e. The molecule has 0 aliphatic rings. The van der Waals surface area contributed by atoms with Crippen LogP contribution in [-0.2, 0) is 23.9 Å². The van der Waals surface area contributed by atoms with Gasteiger partial charge in [0.05, 0.1) is 25.2 Å². The van der Waals surface area contributed by atoms with Crippen LogP contribution in [0.2, 0.25) is 0 Å². The third-order valence-corrected chi connectivity index (χ3v) is 9.37. The van der Waals surface area contributed by atoms with Crippen molar-refractivity contribution in [3.8, 4) is 0 Å². The molecule has 0 spiro atoms. The number of ether oxygens (including phenoxy) is 2. The van der Waals surface area contributed by atoms with Crippen molar-refractivity contribution in [2.75, 3.05) is 13.2 Å². The fraction of sp³-hybridized carbons (Fsp3) is 0.881. The highest BCUT2D eigenvalue weighted by Gasteiger charge is 2.17. The number of rotatable bonds is 38. The second kappa shape index (κ2) is 38.0. The number of carbonyl (C=O) groups excluding carboxylic acids is 2. The Kier molecular flexibility index (Phi) is 36.5. The van der Waals surface area contributed by atoms with Gasteiger partial charge in [0.2, 0.25) is 0 Å². The first-order valence-corrected chi connectivity index (χ1v) is 20.8. The van der Waals surface area contributed by atoms with Gasteiger partial charge in [0.15, 0.2) is 0 Å². The van der Waals surface area contributed by atoms with Crippen molar-refractivity contribution >= 4 is 17.9 Å². The highest BCUT2D eigenvalue weighted by Crippen LogP contribution is 2.16. The monoisotopic (exact) mass is 679 g/mol. The molecule has 6 nitrogen and oxygen atoms in total. The van der Waals surface area contributed by atoms with Gasteiger partial charge in [0, 0.05) is 6.08 Å². The summed E-state index contributed by atoms with van der Waals surface area (Å²) in [6.45, 7) is 5.05. The lowest BCUT2D eigenvalue weighted by atomic mass is 10.0. The first kappa shape index (κ1) is 46.1. The Bertz CT molecular complexity index is 761. The summed E-state index contributed by atoms with van der Waals surface area (Å²) in [7, 11) is 0. The fourth-order valence-electron chi connectivity index (χ4n) is 6.26. The van der Waals surface area contributed by atoms with Crippen molar-refractivity contribution in [3.63, 3.8) is 0 Å². The van der Waals surface area contributed by atoms with Crippen molar-refractivity contribution in [2.45, 2.75) is 226 Å². The molecule has 282 valence electrons. The van der Waals surface area contributed by atoms with Gasteiger partial charge in [0.1, 0.15) is 0 Å². The summed E-state index contributed by atoms with van der Waals surface area (Å²) < 4.78 is 10.5. The predicted molar refractivity (Wildman–Crippen MR) is 201 cm³/mol. The van der Waals surface area contributed by atoms with E-state index in [1.807, 2.05) is 0 Å². The summed E-state index contributed by atoms with van der Waals surface area (Å²) in [6, 6.07) is 0. The van der Waals surface area contributed by atoms with E-state index in [0.717, 1.165) is 44.6 Å². The molecule has 0 saturated carbocycles. The van der Waals surface area contributed by atoms with Gasteiger partial charge >= 0.3 is 17.9 Å². The van der Waals surface area contributed by atoms with Crippen LogP contribution >= 0.6 is 0 Å². The lowest BCUT2D eigenvalue weighted by Gasteiger charge is -2.08. The Morgan fingerprint density at radius 2 is 0.688 bits per heavy atom. The van der Waals surface area contributed by atoms with Gasteiger partial charge in [-0.25, -0.2) is 9.59 Å². The van der Waals surface area contributed by atoms with Crippen LogP contribution in [0.3, 0.4) is 0 Å². The number of carboxylic acid groups (broad SMARTS) is 1. The fourth-order valence-corrected chi connectivity index (χ4v) is 6.26. The van der Waals surface area contributed by atoms with Gasteiger partial charge in [0.25, 0.3) is 0 Å². The zero-order chi connectivity index (χ0) is 35.2. The maximum absolute atomic E-state index is 12.4. The van der Waals surface area contributed by atoms with E-state index in [1.54, 1.807) is 0 Å². The molecule has 0 atom stereocenters. The second-order valence-electron chi connectivity index (χ2n) is 14.2. The highest BCUT2D eigenvalue weighted by molar-refractivity contribution is 5.99. The zero-order valence-corrected chi connectivity index (χ0v) is 31.8. The SMILES string of the molecule is CCCCCCCCCCCCCCCCCCOC(=O)C=C(CC(=O)O)C(=O)OCCCCCCCCCCCCCCCCCC. The Morgan fingerprint density at radius 1 is 0.417 bits per heavy atom. The summed E-state index contributed by atoms with van der Waals surface area (Å²) >= 11 is 0. The van der Waals surface area contributed by atoms with Gasteiger partial charge in [-0.1, -0.05) is 206 Å². The topological polar surface area (TPSA) is 89.9 Å². The molecular weight excluding hydrogens is 600 g/mol. The van der Waals surface area contributed by atoms with Gasteiger partial charge in [-0.2, -0.15) is 0 Å². The Morgan fingerprint density at radius 3 is 0.979 bits per heavy atom. The molecular formula is C42H78O6. The van der Waals surface area contributed by atoms with E-state index < -0.39 is 24.3 Å². The van der Waals surface area contributed by atoms with E-state index in [9.17, 15) is 19.5 Å². The zero-order valence-electron chi connectivity index (χ0n) is 31.8. The van der Waals surface area contributed by atoms with Gasteiger partial charge in [-0.15, -0.1) is 0 Å². The molecule has 6 heteroatoms. The van der Waals surface area contributed by atoms with Crippen LogP contribution in [0.25, 0.3) is 0 Å². The lowest BCUT2D eigenvalue weighted by Crippen LogP contribution is -2.15. The standard InChI is InChI=1S/C42H78O6/c1-3-5-7-9-11-13-15-17-19-21-23-25-27-29-31-33-35-47-41(45)38-39(37-40(43)44)42(46)48-36-34-32-30-28-26-24-22-20-18-16-14-12-10-8-6-4-2/h38H,3-37H2,1-2H3,(H,43,44). The van der Waals surface area contributed by atoms with Crippen molar-refractivity contribution in [1.29, 1.82) is 0 Å². The highest BCUT2D eigenvalue weighted by atomic mass is 16.5. The molecule has 0 aliphatic heterocycles.